The molecule has 0 aliphatic heterocycles. The van der Waals surface area contributed by atoms with Crippen LogP contribution in [0.25, 0.3) is 11.5 Å². The molecule has 0 radical (unpaired) electrons. The standard InChI is InChI=1S/C15H16N4O2/c1-3-14-16-7-8-19(14)10-13-17-15(21-18-13)11-5-4-6-12(9-11)20-2/h4-9H,3,10H2,1-2H3. The summed E-state index contributed by atoms with van der Waals surface area (Å²) in [6, 6.07) is 7.55. The van der Waals surface area contributed by atoms with Gasteiger partial charge in [0.25, 0.3) is 5.89 Å². The first kappa shape index (κ1) is 13.4. The van der Waals surface area contributed by atoms with Crippen LogP contribution in [0.4, 0.5) is 0 Å². The van der Waals surface area contributed by atoms with E-state index in [2.05, 4.69) is 22.0 Å². The summed E-state index contributed by atoms with van der Waals surface area (Å²) in [6.45, 7) is 2.62. The highest BCUT2D eigenvalue weighted by atomic mass is 16.5. The normalized spacial score (nSPS) is 10.8. The quantitative estimate of drug-likeness (QED) is 0.720. The first-order valence-electron chi connectivity index (χ1n) is 6.77. The van der Waals surface area contributed by atoms with E-state index < -0.39 is 0 Å². The largest absolute Gasteiger partial charge is 0.497 e. The van der Waals surface area contributed by atoms with E-state index in [4.69, 9.17) is 9.26 Å². The first-order chi connectivity index (χ1) is 10.3. The molecule has 2 heterocycles. The van der Waals surface area contributed by atoms with Gasteiger partial charge in [-0.25, -0.2) is 4.98 Å². The summed E-state index contributed by atoms with van der Waals surface area (Å²) in [5, 5.41) is 4.02. The second kappa shape index (κ2) is 5.78. The third kappa shape index (κ3) is 2.79. The molecule has 0 saturated carbocycles. The maximum Gasteiger partial charge on any atom is 0.258 e. The fourth-order valence-corrected chi connectivity index (χ4v) is 2.14. The van der Waals surface area contributed by atoms with Crippen molar-refractivity contribution in [3.05, 3.63) is 48.3 Å². The third-order valence-electron chi connectivity index (χ3n) is 3.21. The summed E-state index contributed by atoms with van der Waals surface area (Å²) in [5.41, 5.74) is 0.842. The van der Waals surface area contributed by atoms with E-state index in [1.54, 1.807) is 13.3 Å². The second-order valence-electron chi connectivity index (χ2n) is 4.57. The van der Waals surface area contributed by atoms with Crippen molar-refractivity contribution in [3.63, 3.8) is 0 Å². The molecule has 0 amide bonds. The molecular formula is C15H16N4O2. The van der Waals surface area contributed by atoms with Crippen molar-refractivity contribution in [2.45, 2.75) is 19.9 Å². The number of nitrogens with zero attached hydrogens (tertiary/aromatic N) is 4. The third-order valence-corrected chi connectivity index (χ3v) is 3.21. The van der Waals surface area contributed by atoms with Crippen molar-refractivity contribution >= 4 is 0 Å². The Morgan fingerprint density at radius 3 is 3.05 bits per heavy atom. The van der Waals surface area contributed by atoms with E-state index >= 15 is 0 Å². The molecule has 0 atom stereocenters. The Bertz CT molecular complexity index is 733. The van der Waals surface area contributed by atoms with E-state index in [9.17, 15) is 0 Å². The van der Waals surface area contributed by atoms with Crippen LogP contribution < -0.4 is 4.74 Å². The fourth-order valence-electron chi connectivity index (χ4n) is 2.14. The van der Waals surface area contributed by atoms with Crippen molar-refractivity contribution < 1.29 is 9.26 Å². The van der Waals surface area contributed by atoms with Crippen molar-refractivity contribution in [2.75, 3.05) is 7.11 Å². The molecule has 0 aliphatic rings. The van der Waals surface area contributed by atoms with Crippen molar-refractivity contribution in [3.8, 4) is 17.2 Å². The van der Waals surface area contributed by atoms with Gasteiger partial charge < -0.3 is 13.8 Å². The van der Waals surface area contributed by atoms with Crippen LogP contribution in [0.3, 0.4) is 0 Å². The molecule has 0 bridgehead atoms. The Balaban J connectivity index is 1.83. The second-order valence-corrected chi connectivity index (χ2v) is 4.57. The molecule has 0 saturated heterocycles. The van der Waals surface area contributed by atoms with Gasteiger partial charge in [0.15, 0.2) is 5.82 Å². The summed E-state index contributed by atoms with van der Waals surface area (Å²) in [7, 11) is 1.63. The average Bonchev–Trinajstić information content (AvgIpc) is 3.17. The molecule has 0 unspecified atom stereocenters. The zero-order valence-corrected chi connectivity index (χ0v) is 12.0. The van der Waals surface area contributed by atoms with Crippen LogP contribution in [0.2, 0.25) is 0 Å². The van der Waals surface area contributed by atoms with Gasteiger partial charge in [0.2, 0.25) is 0 Å². The first-order valence-corrected chi connectivity index (χ1v) is 6.77. The maximum atomic E-state index is 5.32. The molecule has 0 fully saturated rings. The number of hydrogen-bond acceptors (Lipinski definition) is 5. The van der Waals surface area contributed by atoms with Crippen molar-refractivity contribution in [1.29, 1.82) is 0 Å². The summed E-state index contributed by atoms with van der Waals surface area (Å²) >= 11 is 0. The Morgan fingerprint density at radius 2 is 2.24 bits per heavy atom. The summed E-state index contributed by atoms with van der Waals surface area (Å²) < 4.78 is 12.5. The molecule has 0 aliphatic carbocycles. The van der Waals surface area contributed by atoms with Crippen LogP contribution in [0.1, 0.15) is 18.6 Å². The Morgan fingerprint density at radius 1 is 1.33 bits per heavy atom. The Hall–Kier alpha value is -2.63. The van der Waals surface area contributed by atoms with Crippen LogP contribution in [-0.4, -0.2) is 26.8 Å². The molecule has 6 heteroatoms. The van der Waals surface area contributed by atoms with Crippen LogP contribution in [0, 0.1) is 0 Å². The molecule has 2 aromatic heterocycles. The van der Waals surface area contributed by atoms with E-state index in [1.165, 1.54) is 0 Å². The van der Waals surface area contributed by atoms with Gasteiger partial charge in [-0.3, -0.25) is 0 Å². The lowest BCUT2D eigenvalue weighted by Crippen LogP contribution is -2.04. The molecule has 3 rings (SSSR count). The van der Waals surface area contributed by atoms with Gasteiger partial charge >= 0.3 is 0 Å². The molecule has 21 heavy (non-hydrogen) atoms. The highest BCUT2D eigenvalue weighted by molar-refractivity contribution is 5.55. The van der Waals surface area contributed by atoms with Gasteiger partial charge in [-0.05, 0) is 18.2 Å². The van der Waals surface area contributed by atoms with Gasteiger partial charge in [-0.15, -0.1) is 0 Å². The van der Waals surface area contributed by atoms with Crippen molar-refractivity contribution in [1.82, 2.24) is 19.7 Å². The number of hydrogen-bond donors (Lipinski definition) is 0. The lowest BCUT2D eigenvalue weighted by molar-refractivity contribution is 0.411. The van der Waals surface area contributed by atoms with Crippen LogP contribution in [-0.2, 0) is 13.0 Å². The fraction of sp³-hybridized carbons (Fsp3) is 0.267. The smallest absolute Gasteiger partial charge is 0.258 e. The number of rotatable bonds is 5. The zero-order valence-electron chi connectivity index (χ0n) is 12.0. The van der Waals surface area contributed by atoms with E-state index in [0.29, 0.717) is 18.3 Å². The van der Waals surface area contributed by atoms with E-state index in [1.807, 2.05) is 35.0 Å². The Labute approximate surface area is 122 Å². The highest BCUT2D eigenvalue weighted by Crippen LogP contribution is 2.22. The van der Waals surface area contributed by atoms with Crippen molar-refractivity contribution in [2.24, 2.45) is 0 Å². The van der Waals surface area contributed by atoms with E-state index in [-0.39, 0.29) is 0 Å². The Kier molecular flexibility index (Phi) is 3.68. The average molecular weight is 284 g/mol. The minimum atomic E-state index is 0.488. The topological polar surface area (TPSA) is 66.0 Å². The number of aromatic nitrogens is 4. The summed E-state index contributed by atoms with van der Waals surface area (Å²) in [5.74, 6) is 2.88. The van der Waals surface area contributed by atoms with Gasteiger partial charge in [0, 0.05) is 24.4 Å². The molecule has 1 aromatic carbocycles. The van der Waals surface area contributed by atoms with Crippen LogP contribution in [0.15, 0.2) is 41.2 Å². The SMILES string of the molecule is CCc1nccn1Cc1noc(-c2cccc(OC)c2)n1. The molecule has 0 spiro atoms. The predicted molar refractivity (Wildman–Crippen MR) is 77.0 cm³/mol. The van der Waals surface area contributed by atoms with Crippen LogP contribution >= 0.6 is 0 Å². The highest BCUT2D eigenvalue weighted by Gasteiger charge is 2.11. The molecule has 0 N–H and O–H groups in total. The monoisotopic (exact) mass is 284 g/mol. The van der Waals surface area contributed by atoms with Gasteiger partial charge in [-0.2, -0.15) is 4.98 Å². The lowest BCUT2D eigenvalue weighted by atomic mass is 10.2. The van der Waals surface area contributed by atoms with E-state index in [0.717, 1.165) is 23.6 Å². The number of benzene rings is 1. The minimum absolute atomic E-state index is 0.488. The maximum absolute atomic E-state index is 5.32. The summed E-state index contributed by atoms with van der Waals surface area (Å²) in [6.07, 6.45) is 4.57. The van der Waals surface area contributed by atoms with Gasteiger partial charge in [0.1, 0.15) is 11.6 Å². The predicted octanol–water partition coefficient (Wildman–Crippen LogP) is 2.55. The van der Waals surface area contributed by atoms with Gasteiger partial charge in [0.05, 0.1) is 13.7 Å². The molecular weight excluding hydrogens is 268 g/mol. The molecule has 3 aromatic rings. The minimum Gasteiger partial charge on any atom is -0.497 e. The van der Waals surface area contributed by atoms with Crippen LogP contribution in [0.5, 0.6) is 5.75 Å². The lowest BCUT2D eigenvalue weighted by Gasteiger charge is -2.01. The zero-order chi connectivity index (χ0) is 14.7. The molecule has 6 nitrogen and oxygen atoms in total. The summed E-state index contributed by atoms with van der Waals surface area (Å²) in [4.78, 5) is 8.70. The van der Waals surface area contributed by atoms with Gasteiger partial charge in [-0.1, -0.05) is 18.1 Å². The number of ether oxygens (including phenoxy) is 1. The number of methoxy groups -OCH3 is 1. The number of imidazole rings is 1. The number of aryl methyl sites for hydroxylation is 1. The molecule has 108 valence electrons.